The number of aryl methyl sites for hydroxylation is 1. The lowest BCUT2D eigenvalue weighted by Gasteiger charge is -2.40. The molecular formula is C26H41N3O4S. The normalized spacial score (nSPS) is 26.0. The number of sulfonamides is 1. The van der Waals surface area contributed by atoms with Gasteiger partial charge in [0.25, 0.3) is 0 Å². The summed E-state index contributed by atoms with van der Waals surface area (Å²) in [4.78, 5) is 17.6. The van der Waals surface area contributed by atoms with Gasteiger partial charge in [0, 0.05) is 31.2 Å². The molecule has 0 spiro atoms. The highest BCUT2D eigenvalue weighted by Gasteiger charge is 2.38. The molecule has 0 unspecified atom stereocenters. The zero-order valence-electron chi connectivity index (χ0n) is 20.8. The van der Waals surface area contributed by atoms with Crippen molar-refractivity contribution in [3.8, 4) is 0 Å². The highest BCUT2D eigenvalue weighted by atomic mass is 32.2. The Morgan fingerprint density at radius 1 is 0.941 bits per heavy atom. The van der Waals surface area contributed by atoms with E-state index in [9.17, 15) is 13.2 Å². The van der Waals surface area contributed by atoms with Gasteiger partial charge in [-0.2, -0.15) is 4.31 Å². The second-order valence-corrected chi connectivity index (χ2v) is 12.1. The maximum atomic E-state index is 13.4. The summed E-state index contributed by atoms with van der Waals surface area (Å²) in [7, 11) is -3.61. The van der Waals surface area contributed by atoms with Gasteiger partial charge >= 0.3 is 0 Å². The number of hydrogen-bond donors (Lipinski definition) is 0. The Balaban J connectivity index is 1.29. The molecule has 4 rings (SSSR count). The second kappa shape index (κ2) is 11.5. The van der Waals surface area contributed by atoms with Crippen LogP contribution in [-0.2, 0) is 19.6 Å². The first-order valence-electron chi connectivity index (χ1n) is 13.1. The molecule has 8 heteroatoms. The molecule has 3 heterocycles. The summed E-state index contributed by atoms with van der Waals surface area (Å²) >= 11 is 0. The first kappa shape index (κ1) is 25.6. The van der Waals surface area contributed by atoms with Crippen molar-refractivity contribution in [2.75, 3.05) is 39.4 Å². The molecule has 3 aliphatic heterocycles. The van der Waals surface area contributed by atoms with E-state index in [0.717, 1.165) is 50.8 Å². The number of benzene rings is 1. The van der Waals surface area contributed by atoms with Crippen molar-refractivity contribution >= 4 is 15.9 Å². The molecule has 3 aliphatic rings. The van der Waals surface area contributed by atoms with Crippen LogP contribution < -0.4 is 0 Å². The third kappa shape index (κ3) is 6.01. The van der Waals surface area contributed by atoms with Gasteiger partial charge in [-0.1, -0.05) is 30.5 Å². The Bertz CT molecular complexity index is 906. The number of piperidine rings is 3. The maximum absolute atomic E-state index is 13.4. The molecule has 0 bridgehead atoms. The Labute approximate surface area is 205 Å². The van der Waals surface area contributed by atoms with Crippen molar-refractivity contribution in [1.29, 1.82) is 0 Å². The molecule has 34 heavy (non-hydrogen) atoms. The summed E-state index contributed by atoms with van der Waals surface area (Å²) in [5, 5.41) is 0. The predicted octanol–water partition coefficient (Wildman–Crippen LogP) is 3.42. The van der Waals surface area contributed by atoms with Crippen LogP contribution in [0, 0.1) is 6.92 Å². The minimum absolute atomic E-state index is 0.0221. The quantitative estimate of drug-likeness (QED) is 0.585. The molecule has 0 saturated carbocycles. The number of rotatable bonds is 7. The van der Waals surface area contributed by atoms with Gasteiger partial charge in [-0.25, -0.2) is 8.42 Å². The van der Waals surface area contributed by atoms with Gasteiger partial charge in [-0.15, -0.1) is 0 Å². The Morgan fingerprint density at radius 2 is 1.62 bits per heavy atom. The molecule has 3 fully saturated rings. The fourth-order valence-corrected chi connectivity index (χ4v) is 7.68. The monoisotopic (exact) mass is 491 g/mol. The highest BCUT2D eigenvalue weighted by Crippen LogP contribution is 2.30. The minimum Gasteiger partial charge on any atom is -0.370 e. The van der Waals surface area contributed by atoms with E-state index in [0.29, 0.717) is 10.9 Å². The van der Waals surface area contributed by atoms with Crippen molar-refractivity contribution in [2.45, 2.75) is 88.2 Å². The average molecular weight is 492 g/mol. The molecular weight excluding hydrogens is 450 g/mol. The number of nitrogens with zero attached hydrogens (tertiary/aromatic N) is 3. The van der Waals surface area contributed by atoms with Gasteiger partial charge in [0.1, 0.15) is 6.61 Å². The molecule has 1 amide bonds. The van der Waals surface area contributed by atoms with Crippen molar-refractivity contribution in [2.24, 2.45) is 0 Å². The Hall–Kier alpha value is -1.48. The van der Waals surface area contributed by atoms with Crippen molar-refractivity contribution in [1.82, 2.24) is 14.1 Å². The molecule has 2 atom stereocenters. The van der Waals surface area contributed by atoms with Crippen molar-refractivity contribution < 1.29 is 17.9 Å². The molecule has 7 nitrogen and oxygen atoms in total. The van der Waals surface area contributed by atoms with Gasteiger partial charge < -0.3 is 14.5 Å². The molecule has 0 aliphatic carbocycles. The van der Waals surface area contributed by atoms with Crippen LogP contribution in [0.4, 0.5) is 0 Å². The fourth-order valence-electron chi connectivity index (χ4n) is 5.82. The van der Waals surface area contributed by atoms with E-state index in [1.165, 1.54) is 32.4 Å². The molecule has 0 N–H and O–H groups in total. The molecule has 1 aromatic rings. The predicted molar refractivity (Wildman–Crippen MR) is 133 cm³/mol. The fraction of sp³-hybridized carbons (Fsp3) is 0.731. The lowest BCUT2D eigenvalue weighted by Crippen LogP contribution is -2.51. The number of amides is 1. The number of carbonyl (C=O) groups is 1. The van der Waals surface area contributed by atoms with Crippen molar-refractivity contribution in [3.63, 3.8) is 0 Å². The molecule has 1 aromatic carbocycles. The van der Waals surface area contributed by atoms with Crippen LogP contribution in [0.3, 0.4) is 0 Å². The van der Waals surface area contributed by atoms with E-state index in [4.69, 9.17) is 4.74 Å². The minimum atomic E-state index is -3.61. The van der Waals surface area contributed by atoms with Crippen LogP contribution in [0.25, 0.3) is 0 Å². The Kier molecular flexibility index (Phi) is 8.66. The highest BCUT2D eigenvalue weighted by molar-refractivity contribution is 7.89. The van der Waals surface area contributed by atoms with Crippen molar-refractivity contribution in [3.05, 3.63) is 29.8 Å². The average Bonchev–Trinajstić information content (AvgIpc) is 2.85. The molecule has 0 aromatic heterocycles. The van der Waals surface area contributed by atoms with E-state index in [2.05, 4.69) is 4.90 Å². The first-order valence-corrected chi connectivity index (χ1v) is 14.5. The smallest absolute Gasteiger partial charge is 0.248 e. The van der Waals surface area contributed by atoms with Crippen LogP contribution in [0.5, 0.6) is 0 Å². The van der Waals surface area contributed by atoms with Gasteiger partial charge in [0.2, 0.25) is 15.9 Å². The Morgan fingerprint density at radius 3 is 2.29 bits per heavy atom. The zero-order chi connectivity index (χ0) is 24.1. The number of carbonyl (C=O) groups excluding carboxylic acids is 1. The van der Waals surface area contributed by atoms with Crippen LogP contribution in [-0.4, -0.2) is 85.9 Å². The van der Waals surface area contributed by atoms with Gasteiger partial charge in [0.05, 0.1) is 11.5 Å². The SMILES string of the molecule is Cc1ccc(S(=O)(=O)N2[C@@H](COCC(=O)N3CCC(N4CCCCC4)CC3)CCC[C@H]2C)cc1. The summed E-state index contributed by atoms with van der Waals surface area (Å²) in [6.45, 7) is 8.17. The summed E-state index contributed by atoms with van der Waals surface area (Å²) in [5.74, 6) is 0.0221. The number of likely N-dealkylation sites (tertiary alicyclic amines) is 2. The van der Waals surface area contributed by atoms with E-state index in [1.807, 2.05) is 30.9 Å². The number of hydrogen-bond acceptors (Lipinski definition) is 5. The van der Waals surface area contributed by atoms with Crippen LogP contribution in [0.1, 0.15) is 63.9 Å². The standard InChI is InChI=1S/C26H41N3O4S/c1-21-9-11-25(12-10-21)34(31,32)29-22(2)7-6-8-24(29)19-33-20-26(30)28-17-13-23(14-18-28)27-15-4-3-5-16-27/h9-12,22-24H,3-8,13-20H2,1-2H3/t22-,24-/m1/s1. The topological polar surface area (TPSA) is 70.2 Å². The number of ether oxygens (including phenoxy) is 1. The van der Waals surface area contributed by atoms with E-state index >= 15 is 0 Å². The summed E-state index contributed by atoms with van der Waals surface area (Å²) < 4.78 is 34.3. The zero-order valence-corrected chi connectivity index (χ0v) is 21.6. The second-order valence-electron chi connectivity index (χ2n) is 10.3. The lowest BCUT2D eigenvalue weighted by atomic mass is 10.00. The van der Waals surface area contributed by atoms with Crippen LogP contribution in [0.15, 0.2) is 29.2 Å². The molecule has 0 radical (unpaired) electrons. The first-order chi connectivity index (χ1) is 16.4. The molecule has 190 valence electrons. The molecule has 3 saturated heterocycles. The van der Waals surface area contributed by atoms with Gasteiger partial charge in [-0.3, -0.25) is 4.79 Å². The summed E-state index contributed by atoms with van der Waals surface area (Å²) in [6.07, 6.45) is 8.56. The van der Waals surface area contributed by atoms with Gasteiger partial charge in [0.15, 0.2) is 0 Å². The maximum Gasteiger partial charge on any atom is 0.248 e. The third-order valence-corrected chi connectivity index (χ3v) is 9.89. The largest absolute Gasteiger partial charge is 0.370 e. The summed E-state index contributed by atoms with van der Waals surface area (Å²) in [5.41, 5.74) is 1.03. The lowest BCUT2D eigenvalue weighted by molar-refractivity contribution is -0.138. The third-order valence-electron chi connectivity index (χ3n) is 7.81. The van der Waals surface area contributed by atoms with Crippen LogP contribution >= 0.6 is 0 Å². The van der Waals surface area contributed by atoms with Crippen LogP contribution in [0.2, 0.25) is 0 Å². The van der Waals surface area contributed by atoms with Gasteiger partial charge in [-0.05, 0) is 77.6 Å². The van der Waals surface area contributed by atoms with E-state index in [1.54, 1.807) is 16.4 Å². The van der Waals surface area contributed by atoms with E-state index < -0.39 is 10.0 Å². The van der Waals surface area contributed by atoms with E-state index in [-0.39, 0.29) is 31.2 Å². The summed E-state index contributed by atoms with van der Waals surface area (Å²) in [6, 6.07) is 7.31.